The molecule has 0 atom stereocenters. The van der Waals surface area contributed by atoms with Gasteiger partial charge in [-0.2, -0.15) is 0 Å². The molecule has 0 aromatic heterocycles. The first-order chi connectivity index (χ1) is 7.16. The van der Waals surface area contributed by atoms with Crippen LogP contribution in [0.15, 0.2) is 29.8 Å². The Kier molecular flexibility index (Phi) is 4.24. The van der Waals surface area contributed by atoms with Crippen LogP contribution in [0, 0.1) is 11.6 Å². The summed E-state index contributed by atoms with van der Waals surface area (Å²) in [6.07, 6.45) is 1.33. The minimum absolute atomic E-state index is 0.129. The lowest BCUT2D eigenvalue weighted by Gasteiger charge is -2.03. The van der Waals surface area contributed by atoms with E-state index in [1.165, 1.54) is 12.1 Å². The number of esters is 1. The summed E-state index contributed by atoms with van der Waals surface area (Å²) in [5, 5.41) is 0. The van der Waals surface area contributed by atoms with E-state index in [0.29, 0.717) is 0 Å². The van der Waals surface area contributed by atoms with Crippen molar-refractivity contribution < 1.29 is 18.3 Å². The average Bonchev–Trinajstić information content (AvgIpc) is 2.18. The van der Waals surface area contributed by atoms with Crippen LogP contribution >= 0.6 is 11.6 Å². The minimum Gasteiger partial charge on any atom is -0.458 e. The Hall–Kier alpha value is -1.42. The summed E-state index contributed by atoms with van der Waals surface area (Å²) in [6.45, 7) is -0.129. The summed E-state index contributed by atoms with van der Waals surface area (Å²) in [5.74, 6) is -2.95. The largest absolute Gasteiger partial charge is 0.458 e. The highest BCUT2D eigenvalue weighted by atomic mass is 35.5. The molecule has 0 aliphatic heterocycles. The third-order valence-electron chi connectivity index (χ3n) is 1.57. The van der Waals surface area contributed by atoms with Gasteiger partial charge in [0.15, 0.2) is 0 Å². The molecular weight excluding hydrogens is 226 g/mol. The Bertz CT molecular complexity index is 371. The number of ether oxygens (including phenoxy) is 1. The van der Waals surface area contributed by atoms with Gasteiger partial charge in [-0.25, -0.2) is 13.6 Å². The number of rotatable bonds is 3. The van der Waals surface area contributed by atoms with E-state index in [-0.39, 0.29) is 6.61 Å². The van der Waals surface area contributed by atoms with Gasteiger partial charge in [0.25, 0.3) is 0 Å². The van der Waals surface area contributed by atoms with Crippen LogP contribution < -0.4 is 0 Å². The standard InChI is InChI=1S/C10H7ClF2O2/c11-5-2-6-15-10(14)9-7(12)3-1-4-8(9)13/h1-5H,6H2/b5-2+. The van der Waals surface area contributed by atoms with E-state index in [9.17, 15) is 13.6 Å². The Morgan fingerprint density at radius 3 is 2.53 bits per heavy atom. The smallest absolute Gasteiger partial charge is 0.344 e. The Morgan fingerprint density at radius 1 is 1.40 bits per heavy atom. The third kappa shape index (κ3) is 3.02. The van der Waals surface area contributed by atoms with Gasteiger partial charge >= 0.3 is 5.97 Å². The van der Waals surface area contributed by atoms with Crippen molar-refractivity contribution in [2.75, 3.05) is 6.61 Å². The normalized spacial score (nSPS) is 10.6. The van der Waals surface area contributed by atoms with Crippen molar-refractivity contribution in [3.8, 4) is 0 Å². The van der Waals surface area contributed by atoms with Crippen molar-refractivity contribution in [3.63, 3.8) is 0 Å². The van der Waals surface area contributed by atoms with Crippen LogP contribution in [0.25, 0.3) is 0 Å². The van der Waals surface area contributed by atoms with Crippen molar-refractivity contribution in [2.24, 2.45) is 0 Å². The van der Waals surface area contributed by atoms with Crippen LogP contribution in [-0.2, 0) is 4.74 Å². The van der Waals surface area contributed by atoms with E-state index in [1.807, 2.05) is 0 Å². The molecular formula is C10H7ClF2O2. The van der Waals surface area contributed by atoms with Crippen LogP contribution in [0.5, 0.6) is 0 Å². The first kappa shape index (κ1) is 11.7. The van der Waals surface area contributed by atoms with Crippen LogP contribution in [-0.4, -0.2) is 12.6 Å². The summed E-state index contributed by atoms with van der Waals surface area (Å²) in [7, 11) is 0. The van der Waals surface area contributed by atoms with Gasteiger partial charge in [-0.1, -0.05) is 17.7 Å². The molecule has 1 aromatic carbocycles. The fourth-order valence-electron chi connectivity index (χ4n) is 0.925. The Morgan fingerprint density at radius 2 is 2.00 bits per heavy atom. The van der Waals surface area contributed by atoms with Crippen LogP contribution in [0.4, 0.5) is 8.78 Å². The molecule has 0 bridgehead atoms. The monoisotopic (exact) mass is 232 g/mol. The van der Waals surface area contributed by atoms with E-state index in [1.54, 1.807) is 0 Å². The number of carbonyl (C=O) groups is 1. The summed E-state index contributed by atoms with van der Waals surface area (Å²) in [4.78, 5) is 11.2. The highest BCUT2D eigenvalue weighted by Gasteiger charge is 2.17. The lowest BCUT2D eigenvalue weighted by Crippen LogP contribution is -2.10. The fraction of sp³-hybridized carbons (Fsp3) is 0.100. The highest BCUT2D eigenvalue weighted by Crippen LogP contribution is 2.13. The second kappa shape index (κ2) is 5.46. The summed E-state index contributed by atoms with van der Waals surface area (Å²) in [5.41, 5.74) is 0.450. The quantitative estimate of drug-likeness (QED) is 0.749. The van der Waals surface area contributed by atoms with Gasteiger partial charge in [-0.3, -0.25) is 0 Å². The second-order valence-corrected chi connectivity index (χ2v) is 2.81. The maximum Gasteiger partial charge on any atom is 0.344 e. The highest BCUT2D eigenvalue weighted by molar-refractivity contribution is 6.25. The summed E-state index contributed by atoms with van der Waals surface area (Å²) >= 11 is 5.17. The number of halogens is 3. The molecule has 0 aliphatic carbocycles. The van der Waals surface area contributed by atoms with Gasteiger partial charge in [-0.05, 0) is 18.2 Å². The third-order valence-corrected chi connectivity index (χ3v) is 1.74. The molecule has 1 aromatic rings. The molecule has 80 valence electrons. The zero-order chi connectivity index (χ0) is 11.3. The van der Waals surface area contributed by atoms with Crippen molar-refractivity contribution >= 4 is 17.6 Å². The Balaban J connectivity index is 2.82. The van der Waals surface area contributed by atoms with Gasteiger partial charge < -0.3 is 4.74 Å². The molecule has 0 N–H and O–H groups in total. The molecule has 0 fully saturated rings. The predicted molar refractivity (Wildman–Crippen MR) is 51.6 cm³/mol. The van der Waals surface area contributed by atoms with Gasteiger partial charge in [0.05, 0.1) is 0 Å². The van der Waals surface area contributed by atoms with Crippen LogP contribution in [0.1, 0.15) is 10.4 Å². The van der Waals surface area contributed by atoms with Gasteiger partial charge in [0.1, 0.15) is 23.8 Å². The summed E-state index contributed by atoms with van der Waals surface area (Å²) in [6, 6.07) is 3.13. The molecule has 0 spiro atoms. The van der Waals surface area contributed by atoms with Gasteiger partial charge in [-0.15, -0.1) is 0 Å². The first-order valence-corrected chi connectivity index (χ1v) is 4.47. The van der Waals surface area contributed by atoms with Crippen molar-refractivity contribution in [1.29, 1.82) is 0 Å². The molecule has 0 saturated carbocycles. The summed E-state index contributed by atoms with van der Waals surface area (Å²) < 4.78 is 30.6. The average molecular weight is 233 g/mol. The molecule has 0 heterocycles. The van der Waals surface area contributed by atoms with Crippen LogP contribution in [0.3, 0.4) is 0 Å². The number of hydrogen-bond acceptors (Lipinski definition) is 2. The van der Waals surface area contributed by atoms with Crippen molar-refractivity contribution in [1.82, 2.24) is 0 Å². The first-order valence-electron chi connectivity index (χ1n) is 4.03. The number of carbonyl (C=O) groups excluding carboxylic acids is 1. The fourth-order valence-corrected chi connectivity index (χ4v) is 0.998. The topological polar surface area (TPSA) is 26.3 Å². The maximum atomic E-state index is 13.0. The lowest BCUT2D eigenvalue weighted by atomic mass is 10.2. The predicted octanol–water partition coefficient (Wildman–Crippen LogP) is 2.87. The van der Waals surface area contributed by atoms with Crippen molar-refractivity contribution in [2.45, 2.75) is 0 Å². The number of hydrogen-bond donors (Lipinski definition) is 0. The van der Waals surface area contributed by atoms with E-state index in [4.69, 9.17) is 11.6 Å². The molecule has 2 nitrogen and oxygen atoms in total. The maximum absolute atomic E-state index is 13.0. The lowest BCUT2D eigenvalue weighted by molar-refractivity contribution is 0.0538. The van der Waals surface area contributed by atoms with Crippen molar-refractivity contribution in [3.05, 3.63) is 47.0 Å². The number of benzene rings is 1. The van der Waals surface area contributed by atoms with Crippen LogP contribution in [0.2, 0.25) is 0 Å². The van der Waals surface area contributed by atoms with E-state index < -0.39 is 23.2 Å². The molecule has 0 unspecified atom stereocenters. The molecule has 0 amide bonds. The molecule has 5 heteroatoms. The van der Waals surface area contributed by atoms with E-state index in [2.05, 4.69) is 4.74 Å². The van der Waals surface area contributed by atoms with Gasteiger partial charge in [0, 0.05) is 5.54 Å². The van der Waals surface area contributed by atoms with Gasteiger partial charge in [0.2, 0.25) is 0 Å². The second-order valence-electron chi connectivity index (χ2n) is 2.56. The Labute approximate surface area is 90.1 Å². The molecule has 0 saturated heterocycles. The molecule has 15 heavy (non-hydrogen) atoms. The molecule has 0 aliphatic rings. The molecule has 0 radical (unpaired) electrons. The molecule has 1 rings (SSSR count). The minimum atomic E-state index is -1.06. The SMILES string of the molecule is O=C(OC/C=C/Cl)c1c(F)cccc1F. The van der Waals surface area contributed by atoms with E-state index in [0.717, 1.165) is 17.7 Å². The zero-order valence-corrected chi connectivity index (χ0v) is 8.30. The zero-order valence-electron chi connectivity index (χ0n) is 7.54. The van der Waals surface area contributed by atoms with E-state index >= 15 is 0 Å².